The van der Waals surface area contributed by atoms with Gasteiger partial charge < -0.3 is 21.4 Å². The number of anilines is 2. The van der Waals surface area contributed by atoms with Gasteiger partial charge in [0.2, 0.25) is 11.9 Å². The van der Waals surface area contributed by atoms with Crippen LogP contribution in [-0.2, 0) is 4.79 Å². The Balaban J connectivity index is 1.73. The fourth-order valence-corrected chi connectivity index (χ4v) is 3.74. The standard InChI is InChI=1S/C28H26N8O2/c1-3-6-18(9-10-29)21-14-22(26(38)36-27-31-11-12-32-27)24-23(15-21)33-28(34-24)35-25(37)17(2)13-19-7-4-5-8-20(19)16-30/h3-16H,1-2,29-30H2,(H2,31,32,36,38)(H2,33,34,35,37)/b10-9-,18-6+,19-13-,20-16-. The van der Waals surface area contributed by atoms with Crippen molar-refractivity contribution in [2.75, 3.05) is 10.6 Å². The van der Waals surface area contributed by atoms with Crippen molar-refractivity contribution in [3.8, 4) is 0 Å². The Bertz CT molecular complexity index is 1710. The summed E-state index contributed by atoms with van der Waals surface area (Å²) in [5.74, 6) is -0.497. The number of hydrogen-bond donors (Lipinski definition) is 6. The van der Waals surface area contributed by atoms with Crippen molar-refractivity contribution in [1.29, 1.82) is 0 Å². The Morgan fingerprint density at radius 3 is 2.53 bits per heavy atom. The number of H-pyrrole nitrogens is 2. The molecule has 0 bridgehead atoms. The van der Waals surface area contributed by atoms with Gasteiger partial charge in [0.15, 0.2) is 0 Å². The molecule has 10 heteroatoms. The summed E-state index contributed by atoms with van der Waals surface area (Å²) in [7, 11) is 0. The van der Waals surface area contributed by atoms with Crippen LogP contribution in [0.15, 0.2) is 92.0 Å². The molecule has 2 heterocycles. The van der Waals surface area contributed by atoms with Crippen molar-refractivity contribution >= 4 is 52.6 Å². The van der Waals surface area contributed by atoms with E-state index < -0.39 is 11.8 Å². The smallest absolute Gasteiger partial charge is 0.260 e. The highest BCUT2D eigenvalue weighted by molar-refractivity contribution is 6.13. The largest absolute Gasteiger partial charge is 0.405 e. The molecule has 0 fully saturated rings. The van der Waals surface area contributed by atoms with Gasteiger partial charge in [0.25, 0.3) is 11.8 Å². The molecule has 2 aromatic heterocycles. The molecule has 8 N–H and O–H groups in total. The molecule has 0 spiro atoms. The maximum atomic E-state index is 13.2. The number of nitrogens with zero attached hydrogens (tertiary/aromatic N) is 2. The highest BCUT2D eigenvalue weighted by Gasteiger charge is 2.18. The molecule has 0 aliphatic heterocycles. The van der Waals surface area contributed by atoms with E-state index in [1.807, 2.05) is 24.3 Å². The molecule has 0 atom stereocenters. The number of rotatable bonds is 8. The molecular formula is C28H26N8O2. The van der Waals surface area contributed by atoms with Gasteiger partial charge in [-0.15, -0.1) is 0 Å². The lowest BCUT2D eigenvalue weighted by atomic mass is 10.0. The summed E-state index contributed by atoms with van der Waals surface area (Å²) in [4.78, 5) is 40.5. The van der Waals surface area contributed by atoms with Crippen molar-refractivity contribution < 1.29 is 9.59 Å². The van der Waals surface area contributed by atoms with Gasteiger partial charge in [0.1, 0.15) is 5.52 Å². The summed E-state index contributed by atoms with van der Waals surface area (Å²) in [5, 5.41) is 6.92. The Hall–Kier alpha value is -5.64. The van der Waals surface area contributed by atoms with Crippen LogP contribution in [0.4, 0.5) is 11.9 Å². The number of carbonyl (C=O) groups is 2. The fraction of sp³-hybridized carbons (Fsp3) is 0. The van der Waals surface area contributed by atoms with E-state index >= 15 is 0 Å². The zero-order valence-corrected chi connectivity index (χ0v) is 20.4. The van der Waals surface area contributed by atoms with Gasteiger partial charge in [-0.3, -0.25) is 20.2 Å². The predicted molar refractivity (Wildman–Crippen MR) is 151 cm³/mol. The third-order valence-electron chi connectivity index (χ3n) is 5.50. The second kappa shape index (κ2) is 11.4. The lowest BCUT2D eigenvalue weighted by molar-refractivity contribution is -0.112. The van der Waals surface area contributed by atoms with Gasteiger partial charge in [-0.1, -0.05) is 49.6 Å². The summed E-state index contributed by atoms with van der Waals surface area (Å²) in [6.07, 6.45) is 12.7. The highest BCUT2D eigenvalue weighted by atomic mass is 16.2. The molecule has 10 nitrogen and oxygen atoms in total. The Morgan fingerprint density at radius 2 is 1.84 bits per heavy atom. The average molecular weight is 507 g/mol. The number of fused-ring (bicyclic) bond motifs is 1. The maximum Gasteiger partial charge on any atom is 0.260 e. The Labute approximate surface area is 217 Å². The zero-order chi connectivity index (χ0) is 27.1. The minimum absolute atomic E-state index is 0.144. The molecule has 2 amide bonds. The van der Waals surface area contributed by atoms with Crippen LogP contribution in [0.3, 0.4) is 0 Å². The molecular weight excluding hydrogens is 480 g/mol. The molecule has 0 saturated carbocycles. The number of aromatic nitrogens is 4. The second-order valence-corrected chi connectivity index (χ2v) is 8.03. The third kappa shape index (κ3) is 5.60. The molecule has 4 aromatic rings. The fourth-order valence-electron chi connectivity index (χ4n) is 3.74. The quantitative estimate of drug-likeness (QED) is 0.158. The second-order valence-electron chi connectivity index (χ2n) is 8.03. The highest BCUT2D eigenvalue weighted by Crippen LogP contribution is 2.27. The number of nitrogens with one attached hydrogen (secondary N) is 4. The van der Waals surface area contributed by atoms with Crippen molar-refractivity contribution in [2.45, 2.75) is 0 Å². The van der Waals surface area contributed by atoms with Crippen molar-refractivity contribution in [3.05, 3.63) is 114 Å². The van der Waals surface area contributed by atoms with E-state index in [0.717, 1.165) is 16.0 Å². The summed E-state index contributed by atoms with van der Waals surface area (Å²) in [6.45, 7) is 7.61. The van der Waals surface area contributed by atoms with Crippen LogP contribution < -0.4 is 32.5 Å². The number of allylic oxidation sites excluding steroid dienone is 4. The van der Waals surface area contributed by atoms with Crippen LogP contribution in [0.5, 0.6) is 0 Å². The predicted octanol–water partition coefficient (Wildman–Crippen LogP) is 2.25. The van der Waals surface area contributed by atoms with Gasteiger partial charge in [-0.2, -0.15) is 0 Å². The van der Waals surface area contributed by atoms with Crippen molar-refractivity contribution in [2.24, 2.45) is 11.5 Å². The van der Waals surface area contributed by atoms with Crippen molar-refractivity contribution in [3.63, 3.8) is 0 Å². The first-order valence-corrected chi connectivity index (χ1v) is 11.5. The Morgan fingerprint density at radius 1 is 1.05 bits per heavy atom. The van der Waals surface area contributed by atoms with Crippen molar-refractivity contribution in [1.82, 2.24) is 19.9 Å². The van der Waals surface area contributed by atoms with Gasteiger partial charge in [-0.05, 0) is 52.1 Å². The van der Waals surface area contributed by atoms with E-state index in [9.17, 15) is 9.59 Å². The van der Waals surface area contributed by atoms with E-state index in [1.165, 1.54) is 18.6 Å². The molecule has 0 saturated heterocycles. The molecule has 2 aromatic carbocycles. The molecule has 190 valence electrons. The first kappa shape index (κ1) is 25.5. The van der Waals surface area contributed by atoms with E-state index in [0.29, 0.717) is 16.6 Å². The van der Waals surface area contributed by atoms with Gasteiger partial charge in [0, 0.05) is 24.2 Å². The number of imidazole rings is 2. The van der Waals surface area contributed by atoms with Crippen LogP contribution in [-0.4, -0.2) is 31.8 Å². The number of benzene rings is 2. The topological polar surface area (TPSA) is 168 Å². The summed E-state index contributed by atoms with van der Waals surface area (Å²) >= 11 is 0. The van der Waals surface area contributed by atoms with Gasteiger partial charge >= 0.3 is 0 Å². The van der Waals surface area contributed by atoms with Crippen LogP contribution >= 0.6 is 0 Å². The number of nitrogens with two attached hydrogens (primary N) is 2. The summed E-state index contributed by atoms with van der Waals surface area (Å²) in [5.41, 5.74) is 14.0. The van der Waals surface area contributed by atoms with Crippen LogP contribution in [0.1, 0.15) is 15.9 Å². The molecule has 0 radical (unpaired) electrons. The minimum Gasteiger partial charge on any atom is -0.405 e. The average Bonchev–Trinajstić information content (AvgIpc) is 3.57. The van der Waals surface area contributed by atoms with Crippen LogP contribution in [0.25, 0.3) is 28.9 Å². The molecule has 0 aliphatic carbocycles. The number of amides is 2. The lowest BCUT2D eigenvalue weighted by Gasteiger charge is -2.08. The SMILES string of the molecule is C=C/C=C(\C=C/N)c1cc(C(=O)Nc2ncc[nH]2)c2nc(NC(=O)C(=C)/C=c3/cccc/c3=C/N)[nH]c2c1. The molecule has 38 heavy (non-hydrogen) atoms. The summed E-state index contributed by atoms with van der Waals surface area (Å²) in [6, 6.07) is 10.8. The third-order valence-corrected chi connectivity index (χ3v) is 5.50. The number of hydrogen-bond acceptors (Lipinski definition) is 6. The zero-order valence-electron chi connectivity index (χ0n) is 20.4. The first-order chi connectivity index (χ1) is 18.4. The van der Waals surface area contributed by atoms with Gasteiger partial charge in [-0.25, -0.2) is 9.97 Å². The monoisotopic (exact) mass is 506 g/mol. The molecule has 0 aliphatic rings. The van der Waals surface area contributed by atoms with Gasteiger partial charge in [0.05, 0.1) is 11.1 Å². The minimum atomic E-state index is -0.476. The Kier molecular flexibility index (Phi) is 7.63. The van der Waals surface area contributed by atoms with E-state index in [-0.39, 0.29) is 23.0 Å². The van der Waals surface area contributed by atoms with E-state index in [1.54, 1.807) is 42.6 Å². The lowest BCUT2D eigenvalue weighted by Crippen LogP contribution is -2.26. The normalized spacial score (nSPS) is 12.7. The van der Waals surface area contributed by atoms with E-state index in [4.69, 9.17) is 11.5 Å². The molecule has 0 unspecified atom stereocenters. The van der Waals surface area contributed by atoms with Crippen LogP contribution in [0, 0.1) is 0 Å². The van der Waals surface area contributed by atoms with E-state index in [2.05, 4.69) is 43.7 Å². The first-order valence-electron chi connectivity index (χ1n) is 11.5. The summed E-state index contributed by atoms with van der Waals surface area (Å²) < 4.78 is 0. The number of aromatic amines is 2. The molecule has 4 rings (SSSR count). The number of carbonyl (C=O) groups excluding carboxylic acids is 2. The van der Waals surface area contributed by atoms with Crippen LogP contribution in [0.2, 0.25) is 0 Å². The maximum absolute atomic E-state index is 13.2.